The van der Waals surface area contributed by atoms with Gasteiger partial charge in [0.25, 0.3) is 0 Å². The van der Waals surface area contributed by atoms with Gasteiger partial charge in [0.15, 0.2) is 0 Å². The number of halogens is 1. The summed E-state index contributed by atoms with van der Waals surface area (Å²) in [6.07, 6.45) is 0. The van der Waals surface area contributed by atoms with E-state index in [-0.39, 0.29) is 0 Å². The van der Waals surface area contributed by atoms with E-state index in [0.717, 1.165) is 0 Å². The highest BCUT2D eigenvalue weighted by atomic mass is 35.5. The van der Waals surface area contributed by atoms with E-state index in [1.165, 1.54) is 11.3 Å². The van der Waals surface area contributed by atoms with Crippen molar-refractivity contribution in [3.63, 3.8) is 0 Å². The minimum Gasteiger partial charge on any atom is -0.389 e. The van der Waals surface area contributed by atoms with E-state index in [1.54, 1.807) is 6.07 Å². The van der Waals surface area contributed by atoms with Gasteiger partial charge in [-0.25, -0.2) is 0 Å². The summed E-state index contributed by atoms with van der Waals surface area (Å²) in [5.74, 6) is 0. The molecule has 0 saturated heterocycles. The molecule has 1 aromatic rings. The van der Waals surface area contributed by atoms with Crippen LogP contribution in [0.5, 0.6) is 0 Å². The van der Waals surface area contributed by atoms with E-state index in [4.69, 9.17) is 17.3 Å². The van der Waals surface area contributed by atoms with Gasteiger partial charge in [-0.1, -0.05) is 11.6 Å². The summed E-state index contributed by atoms with van der Waals surface area (Å²) >= 11 is 6.80. The molecule has 3 heteroatoms. The van der Waals surface area contributed by atoms with E-state index in [0.29, 0.717) is 10.0 Å². The second kappa shape index (κ2) is 1.72. The maximum atomic E-state index is 5.48. The summed E-state index contributed by atoms with van der Waals surface area (Å²) < 4.78 is 0. The molecule has 0 spiro atoms. The molecule has 1 nitrogen and oxygen atoms in total. The Hall–Kier alpha value is -0.210. The number of hydrogen-bond acceptors (Lipinski definition) is 2. The highest BCUT2D eigenvalue weighted by molar-refractivity contribution is 7.14. The first kappa shape index (κ1) is 4.94. The number of rotatable bonds is 0. The van der Waals surface area contributed by atoms with Crippen molar-refractivity contribution in [1.82, 2.24) is 0 Å². The zero-order valence-corrected chi connectivity index (χ0v) is 5.01. The van der Waals surface area contributed by atoms with Gasteiger partial charge in [0.05, 0.1) is 5.02 Å². The fourth-order valence-corrected chi connectivity index (χ4v) is 0.960. The van der Waals surface area contributed by atoms with Crippen molar-refractivity contribution in [2.45, 2.75) is 0 Å². The standard InChI is InChI=1S/C4H3ClNS/c5-3-1-2-7-4(3)6/h1H,6H2. The average Bonchev–Trinajstić information content (AvgIpc) is 1.91. The molecule has 7 heavy (non-hydrogen) atoms. The Labute approximate surface area is 50.7 Å². The van der Waals surface area contributed by atoms with Crippen molar-refractivity contribution in [3.05, 3.63) is 16.5 Å². The Morgan fingerprint density at radius 2 is 2.57 bits per heavy atom. The van der Waals surface area contributed by atoms with Gasteiger partial charge in [-0.15, -0.1) is 11.3 Å². The minimum atomic E-state index is 0.602. The Morgan fingerprint density at radius 1 is 1.86 bits per heavy atom. The number of hydrogen-bond donors (Lipinski definition) is 1. The van der Waals surface area contributed by atoms with Gasteiger partial charge in [-0.3, -0.25) is 0 Å². The Kier molecular flexibility index (Phi) is 1.21. The second-order valence-corrected chi connectivity index (χ2v) is 2.36. The zero-order chi connectivity index (χ0) is 5.28. The van der Waals surface area contributed by atoms with Crippen molar-refractivity contribution in [2.24, 2.45) is 0 Å². The third kappa shape index (κ3) is 0.868. The van der Waals surface area contributed by atoms with Crippen LogP contribution in [0.25, 0.3) is 0 Å². The van der Waals surface area contributed by atoms with Crippen LogP contribution in [0.1, 0.15) is 0 Å². The van der Waals surface area contributed by atoms with Crippen LogP contribution in [-0.2, 0) is 0 Å². The van der Waals surface area contributed by atoms with Crippen molar-refractivity contribution in [1.29, 1.82) is 0 Å². The van der Waals surface area contributed by atoms with Gasteiger partial charge >= 0.3 is 0 Å². The molecule has 1 radical (unpaired) electrons. The minimum absolute atomic E-state index is 0.602. The van der Waals surface area contributed by atoms with Crippen molar-refractivity contribution >= 4 is 27.9 Å². The molecule has 0 bridgehead atoms. The fraction of sp³-hybridized carbons (Fsp3) is 0. The molecule has 0 fully saturated rings. The van der Waals surface area contributed by atoms with Crippen LogP contribution < -0.4 is 5.73 Å². The maximum absolute atomic E-state index is 5.48. The third-order valence-corrected chi connectivity index (χ3v) is 1.69. The second-order valence-electron chi connectivity index (χ2n) is 1.08. The monoisotopic (exact) mass is 132 g/mol. The molecule has 0 atom stereocenters. The van der Waals surface area contributed by atoms with Crippen LogP contribution in [0.3, 0.4) is 0 Å². The molecule has 1 rings (SSSR count). The first-order valence-electron chi connectivity index (χ1n) is 1.71. The number of anilines is 1. The van der Waals surface area contributed by atoms with Crippen LogP contribution in [-0.4, -0.2) is 0 Å². The van der Waals surface area contributed by atoms with Crippen LogP contribution in [0.2, 0.25) is 5.02 Å². The summed E-state index contributed by atoms with van der Waals surface area (Å²) in [6, 6.07) is 1.65. The predicted molar refractivity (Wildman–Crippen MR) is 32.6 cm³/mol. The molecular weight excluding hydrogens is 130 g/mol. The molecule has 0 aliphatic carbocycles. The first-order chi connectivity index (χ1) is 3.30. The largest absolute Gasteiger partial charge is 0.389 e. The van der Waals surface area contributed by atoms with E-state index >= 15 is 0 Å². The average molecular weight is 133 g/mol. The lowest BCUT2D eigenvalue weighted by molar-refractivity contribution is 1.93. The van der Waals surface area contributed by atoms with Crippen molar-refractivity contribution in [2.75, 3.05) is 5.73 Å². The highest BCUT2D eigenvalue weighted by Crippen LogP contribution is 2.22. The molecular formula is C4H3ClNS. The predicted octanol–water partition coefficient (Wildman–Crippen LogP) is 1.78. The topological polar surface area (TPSA) is 26.0 Å². The van der Waals surface area contributed by atoms with E-state index < -0.39 is 0 Å². The molecule has 37 valence electrons. The smallest absolute Gasteiger partial charge is 0.105 e. The molecule has 0 unspecified atom stereocenters. The molecule has 0 aromatic carbocycles. The normalized spacial score (nSPS) is 9.29. The summed E-state index contributed by atoms with van der Waals surface area (Å²) in [7, 11) is 0. The van der Waals surface area contributed by atoms with Gasteiger partial charge in [-0.2, -0.15) is 0 Å². The van der Waals surface area contributed by atoms with Gasteiger partial charge in [0.1, 0.15) is 5.00 Å². The van der Waals surface area contributed by atoms with Crippen LogP contribution >= 0.6 is 22.9 Å². The van der Waals surface area contributed by atoms with Crippen LogP contribution in [0.4, 0.5) is 5.00 Å². The summed E-state index contributed by atoms with van der Waals surface area (Å²) in [6.45, 7) is 0. The molecule has 0 aliphatic heterocycles. The molecule has 2 N–H and O–H groups in total. The Morgan fingerprint density at radius 3 is 2.71 bits per heavy atom. The number of nitrogen functional groups attached to an aromatic ring is 1. The summed E-state index contributed by atoms with van der Waals surface area (Å²) in [4.78, 5) is 0. The van der Waals surface area contributed by atoms with Gasteiger partial charge < -0.3 is 5.73 Å². The van der Waals surface area contributed by atoms with E-state index in [2.05, 4.69) is 5.38 Å². The quantitative estimate of drug-likeness (QED) is 0.572. The Bertz CT molecular complexity index is 144. The molecule has 1 heterocycles. The summed E-state index contributed by atoms with van der Waals surface area (Å²) in [5.41, 5.74) is 5.30. The number of nitrogens with two attached hydrogens (primary N) is 1. The van der Waals surface area contributed by atoms with Crippen LogP contribution in [0.15, 0.2) is 6.07 Å². The summed E-state index contributed by atoms with van der Waals surface area (Å²) in [5, 5.41) is 4.02. The van der Waals surface area contributed by atoms with Crippen LogP contribution in [0, 0.1) is 5.38 Å². The van der Waals surface area contributed by atoms with Crippen molar-refractivity contribution in [3.8, 4) is 0 Å². The zero-order valence-electron chi connectivity index (χ0n) is 3.44. The van der Waals surface area contributed by atoms with Crippen molar-refractivity contribution < 1.29 is 0 Å². The molecule has 1 aromatic heterocycles. The Balaban J connectivity index is 3.12. The first-order valence-corrected chi connectivity index (χ1v) is 2.91. The third-order valence-electron chi connectivity index (χ3n) is 0.590. The molecule has 0 amide bonds. The maximum Gasteiger partial charge on any atom is 0.105 e. The lowest BCUT2D eigenvalue weighted by Crippen LogP contribution is -1.75. The number of thiophene rings is 1. The van der Waals surface area contributed by atoms with Gasteiger partial charge in [0, 0.05) is 5.38 Å². The van der Waals surface area contributed by atoms with Gasteiger partial charge in [0.2, 0.25) is 0 Å². The lowest BCUT2D eigenvalue weighted by Gasteiger charge is -1.78. The lowest BCUT2D eigenvalue weighted by atomic mass is 10.6. The molecule has 0 saturated carbocycles. The van der Waals surface area contributed by atoms with E-state index in [1.807, 2.05) is 0 Å². The highest BCUT2D eigenvalue weighted by Gasteiger charge is 1.91. The van der Waals surface area contributed by atoms with E-state index in [9.17, 15) is 0 Å². The fourth-order valence-electron chi connectivity index (χ4n) is 0.265. The molecule has 0 aliphatic rings. The SMILES string of the molecule is Nc1s[c]cc1Cl. The van der Waals surface area contributed by atoms with Gasteiger partial charge in [-0.05, 0) is 6.07 Å².